The summed E-state index contributed by atoms with van der Waals surface area (Å²) in [6.45, 7) is 5.96. The largest absolute Gasteiger partial charge is 0.491 e. The van der Waals surface area contributed by atoms with Gasteiger partial charge in [0, 0.05) is 18.1 Å². The number of aromatic nitrogens is 2. The minimum absolute atomic E-state index is 0.154. The molecular weight excluding hydrogens is 453 g/mol. The molecule has 5 nitrogen and oxygen atoms in total. The molecule has 0 saturated heterocycles. The molecule has 182 valence electrons. The maximum absolute atomic E-state index is 14.6. The maximum atomic E-state index is 14.6. The van der Waals surface area contributed by atoms with E-state index < -0.39 is 5.82 Å². The summed E-state index contributed by atoms with van der Waals surface area (Å²) < 4.78 is 21.3. The Labute approximate surface area is 210 Å². The summed E-state index contributed by atoms with van der Waals surface area (Å²) in [4.78, 5) is 18.5. The van der Waals surface area contributed by atoms with E-state index in [9.17, 15) is 14.4 Å². The third-order valence-corrected chi connectivity index (χ3v) is 6.08. The maximum Gasteiger partial charge on any atom is 0.261 e. The molecule has 0 atom stereocenters. The molecule has 36 heavy (non-hydrogen) atoms. The van der Waals surface area contributed by atoms with Gasteiger partial charge in [-0.1, -0.05) is 55.8 Å². The van der Waals surface area contributed by atoms with Crippen LogP contribution in [0.15, 0.2) is 71.5 Å². The van der Waals surface area contributed by atoms with E-state index in [4.69, 9.17) is 9.72 Å². The zero-order valence-corrected chi connectivity index (χ0v) is 20.7. The van der Waals surface area contributed by atoms with Gasteiger partial charge in [0.05, 0.1) is 29.6 Å². The van der Waals surface area contributed by atoms with Crippen LogP contribution in [0.3, 0.4) is 0 Å². The molecule has 1 heterocycles. The van der Waals surface area contributed by atoms with Crippen LogP contribution in [0.1, 0.15) is 48.5 Å². The van der Waals surface area contributed by atoms with E-state index in [2.05, 4.69) is 13.0 Å². The van der Waals surface area contributed by atoms with Gasteiger partial charge in [0.25, 0.3) is 5.56 Å². The fourth-order valence-electron chi connectivity index (χ4n) is 4.38. The van der Waals surface area contributed by atoms with Crippen molar-refractivity contribution >= 4 is 0 Å². The summed E-state index contributed by atoms with van der Waals surface area (Å²) in [5, 5.41) is 9.42. The summed E-state index contributed by atoms with van der Waals surface area (Å²) in [7, 11) is 0. The second kappa shape index (κ2) is 11.0. The Morgan fingerprint density at radius 3 is 2.47 bits per heavy atom. The Morgan fingerprint density at radius 1 is 1.06 bits per heavy atom. The summed E-state index contributed by atoms with van der Waals surface area (Å²) in [6, 6.07) is 22.1. The average molecular weight is 482 g/mol. The van der Waals surface area contributed by atoms with Crippen LogP contribution in [-0.4, -0.2) is 16.2 Å². The van der Waals surface area contributed by atoms with Crippen molar-refractivity contribution in [2.24, 2.45) is 0 Å². The van der Waals surface area contributed by atoms with Crippen LogP contribution in [0, 0.1) is 24.1 Å². The number of halogens is 1. The van der Waals surface area contributed by atoms with E-state index in [1.165, 1.54) is 16.7 Å². The summed E-state index contributed by atoms with van der Waals surface area (Å²) >= 11 is 0. The van der Waals surface area contributed by atoms with Gasteiger partial charge in [0.2, 0.25) is 0 Å². The van der Waals surface area contributed by atoms with Crippen molar-refractivity contribution in [2.45, 2.75) is 40.0 Å². The highest BCUT2D eigenvalue weighted by Crippen LogP contribution is 2.25. The molecule has 0 unspecified atom stereocenters. The predicted octanol–water partition coefficient (Wildman–Crippen LogP) is 6.16. The molecule has 3 aromatic carbocycles. The highest BCUT2D eigenvalue weighted by atomic mass is 19.1. The lowest BCUT2D eigenvalue weighted by atomic mass is 9.97. The van der Waals surface area contributed by atoms with Crippen LogP contribution >= 0.6 is 0 Å². The number of nitrogens with zero attached hydrogens (tertiary/aromatic N) is 3. The highest BCUT2D eigenvalue weighted by Gasteiger charge is 2.17. The first-order valence-corrected chi connectivity index (χ1v) is 12.1. The Morgan fingerprint density at radius 2 is 1.81 bits per heavy atom. The Kier molecular flexibility index (Phi) is 7.60. The van der Waals surface area contributed by atoms with Gasteiger partial charge in [-0.2, -0.15) is 5.26 Å². The van der Waals surface area contributed by atoms with E-state index in [0.717, 1.165) is 28.8 Å². The second-order valence-corrected chi connectivity index (χ2v) is 8.55. The molecular formula is C30H28FN3O2. The van der Waals surface area contributed by atoms with Crippen molar-refractivity contribution in [3.63, 3.8) is 0 Å². The van der Waals surface area contributed by atoms with E-state index >= 15 is 0 Å². The monoisotopic (exact) mass is 481 g/mol. The fraction of sp³-hybridized carbons (Fsp3) is 0.233. The summed E-state index contributed by atoms with van der Waals surface area (Å²) in [6.07, 6.45) is 1.93. The van der Waals surface area contributed by atoms with Crippen molar-refractivity contribution in [3.05, 3.63) is 111 Å². The molecule has 4 aromatic rings. The van der Waals surface area contributed by atoms with Crippen molar-refractivity contribution in [1.29, 1.82) is 5.26 Å². The van der Waals surface area contributed by atoms with Gasteiger partial charge in [0.15, 0.2) is 11.6 Å². The predicted molar refractivity (Wildman–Crippen MR) is 139 cm³/mol. The lowest BCUT2D eigenvalue weighted by Gasteiger charge is -2.16. The van der Waals surface area contributed by atoms with Gasteiger partial charge in [-0.25, -0.2) is 9.37 Å². The number of ether oxygens (including phenoxy) is 1. The lowest BCUT2D eigenvalue weighted by molar-refractivity contribution is 0.321. The molecule has 0 aliphatic carbocycles. The SMILES string of the molecule is CCCc1nc(C)n(-c2ccc(OCC)c(F)c2)c(=O)c1Cc1ccc(-c2ccccc2C#N)cc1. The van der Waals surface area contributed by atoms with Crippen LogP contribution in [0.25, 0.3) is 16.8 Å². The highest BCUT2D eigenvalue weighted by molar-refractivity contribution is 5.70. The van der Waals surface area contributed by atoms with Crippen LogP contribution in [-0.2, 0) is 12.8 Å². The molecule has 0 spiro atoms. The molecule has 0 N–H and O–H groups in total. The van der Waals surface area contributed by atoms with Gasteiger partial charge in [-0.3, -0.25) is 9.36 Å². The van der Waals surface area contributed by atoms with Crippen LogP contribution in [0.5, 0.6) is 5.75 Å². The van der Waals surface area contributed by atoms with E-state index in [1.54, 1.807) is 26.0 Å². The number of aryl methyl sites for hydroxylation is 2. The normalized spacial score (nSPS) is 10.8. The van der Waals surface area contributed by atoms with Gasteiger partial charge in [0.1, 0.15) is 5.82 Å². The molecule has 1 aromatic heterocycles. The topological polar surface area (TPSA) is 67.9 Å². The molecule has 0 aliphatic rings. The van der Waals surface area contributed by atoms with Gasteiger partial charge < -0.3 is 4.74 Å². The number of benzene rings is 3. The van der Waals surface area contributed by atoms with Crippen molar-refractivity contribution in [2.75, 3.05) is 6.61 Å². The zero-order chi connectivity index (χ0) is 25.7. The third kappa shape index (κ3) is 5.06. The van der Waals surface area contributed by atoms with E-state index in [1.807, 2.05) is 42.5 Å². The van der Waals surface area contributed by atoms with Crippen molar-refractivity contribution in [1.82, 2.24) is 9.55 Å². The van der Waals surface area contributed by atoms with E-state index in [-0.39, 0.29) is 11.3 Å². The number of hydrogen-bond donors (Lipinski definition) is 0. The van der Waals surface area contributed by atoms with E-state index in [0.29, 0.717) is 42.1 Å². The first-order valence-electron chi connectivity index (χ1n) is 12.1. The van der Waals surface area contributed by atoms with Crippen LogP contribution in [0.4, 0.5) is 4.39 Å². The quantitative estimate of drug-likeness (QED) is 0.302. The average Bonchev–Trinajstić information content (AvgIpc) is 2.88. The van der Waals surface area contributed by atoms with Crippen LogP contribution < -0.4 is 10.3 Å². The lowest BCUT2D eigenvalue weighted by Crippen LogP contribution is -2.28. The summed E-state index contributed by atoms with van der Waals surface area (Å²) in [5.41, 5.74) is 4.96. The second-order valence-electron chi connectivity index (χ2n) is 8.55. The Bertz CT molecular complexity index is 1480. The first kappa shape index (κ1) is 24.9. The summed E-state index contributed by atoms with van der Waals surface area (Å²) in [5.74, 6) is 0.146. The number of rotatable bonds is 8. The molecule has 0 amide bonds. The minimum atomic E-state index is -0.520. The minimum Gasteiger partial charge on any atom is -0.491 e. The smallest absolute Gasteiger partial charge is 0.261 e. The van der Waals surface area contributed by atoms with Crippen LogP contribution in [0.2, 0.25) is 0 Å². The van der Waals surface area contributed by atoms with Gasteiger partial charge in [-0.15, -0.1) is 0 Å². The standard InChI is InChI=1S/C30H28FN3O2/c1-4-8-28-26(17-21-11-13-22(14-12-21)25-10-7-6-9-23(25)19-32)30(35)34(20(3)33-28)24-15-16-29(36-5-2)27(31)18-24/h6-7,9-16,18H,4-5,8,17H2,1-3H3. The Hall–Kier alpha value is -4.24. The fourth-order valence-corrected chi connectivity index (χ4v) is 4.38. The van der Waals surface area contributed by atoms with Crippen molar-refractivity contribution in [3.8, 4) is 28.6 Å². The van der Waals surface area contributed by atoms with Gasteiger partial charge in [-0.05, 0) is 55.2 Å². The molecule has 4 rings (SSSR count). The molecule has 0 aliphatic heterocycles. The molecule has 0 radical (unpaired) electrons. The Balaban J connectivity index is 1.74. The van der Waals surface area contributed by atoms with Gasteiger partial charge >= 0.3 is 0 Å². The molecule has 6 heteroatoms. The molecule has 0 fully saturated rings. The number of hydrogen-bond acceptors (Lipinski definition) is 4. The molecule has 0 bridgehead atoms. The zero-order valence-electron chi connectivity index (χ0n) is 20.7. The first-order chi connectivity index (χ1) is 17.5. The van der Waals surface area contributed by atoms with Crippen molar-refractivity contribution < 1.29 is 9.13 Å². The number of nitriles is 1. The third-order valence-electron chi connectivity index (χ3n) is 6.08. The molecule has 0 saturated carbocycles.